The molecule has 0 spiro atoms. The third kappa shape index (κ3) is 3.43. The molecular formula is C23H23NO2. The predicted octanol–water partition coefficient (Wildman–Crippen LogP) is 6.61. The van der Waals surface area contributed by atoms with Crippen molar-refractivity contribution in [1.29, 1.82) is 0 Å². The molecule has 0 saturated heterocycles. The monoisotopic (exact) mass is 345 g/mol. The maximum atomic E-state index is 6.14. The summed E-state index contributed by atoms with van der Waals surface area (Å²) >= 11 is 0. The lowest BCUT2D eigenvalue weighted by Gasteiger charge is -2.11. The van der Waals surface area contributed by atoms with E-state index in [2.05, 4.69) is 36.2 Å². The number of ether oxygens (including phenoxy) is 1. The summed E-state index contributed by atoms with van der Waals surface area (Å²) in [5.74, 6) is 1.45. The largest absolute Gasteiger partial charge is 0.493 e. The lowest BCUT2D eigenvalue weighted by atomic mass is 10.1. The molecule has 132 valence electrons. The minimum Gasteiger partial charge on any atom is -0.493 e. The SMILES string of the molecule is CCCCCCOc1cc2ccccc2cc1-c1nc2ccccc2o1. The Balaban J connectivity index is 1.71. The van der Waals surface area contributed by atoms with E-state index < -0.39 is 0 Å². The number of hydrogen-bond donors (Lipinski definition) is 0. The standard InChI is InChI=1S/C23H23NO2/c1-2-3-4-9-14-25-22-16-18-11-6-5-10-17(18)15-19(22)23-24-20-12-7-8-13-21(20)26-23/h5-8,10-13,15-16H,2-4,9,14H2,1H3. The molecule has 0 unspecified atom stereocenters. The third-order valence-electron chi connectivity index (χ3n) is 4.63. The second-order valence-corrected chi connectivity index (χ2v) is 6.59. The normalized spacial score (nSPS) is 11.3. The second kappa shape index (κ2) is 7.61. The van der Waals surface area contributed by atoms with E-state index in [1.807, 2.05) is 36.4 Å². The van der Waals surface area contributed by atoms with Gasteiger partial charge in [0.15, 0.2) is 5.58 Å². The fourth-order valence-electron chi connectivity index (χ4n) is 3.20. The highest BCUT2D eigenvalue weighted by molar-refractivity contribution is 5.90. The molecule has 0 aliphatic rings. The van der Waals surface area contributed by atoms with Crippen molar-refractivity contribution in [2.24, 2.45) is 0 Å². The molecule has 3 nitrogen and oxygen atoms in total. The van der Waals surface area contributed by atoms with Crippen molar-refractivity contribution in [2.75, 3.05) is 6.61 Å². The number of nitrogens with zero attached hydrogens (tertiary/aromatic N) is 1. The van der Waals surface area contributed by atoms with E-state index in [0.29, 0.717) is 12.5 Å². The van der Waals surface area contributed by atoms with E-state index in [9.17, 15) is 0 Å². The Morgan fingerprint density at radius 2 is 1.65 bits per heavy atom. The highest BCUT2D eigenvalue weighted by Crippen LogP contribution is 2.35. The Kier molecular flexibility index (Phi) is 4.87. The van der Waals surface area contributed by atoms with Crippen LogP contribution in [0.25, 0.3) is 33.3 Å². The van der Waals surface area contributed by atoms with E-state index in [4.69, 9.17) is 9.15 Å². The highest BCUT2D eigenvalue weighted by atomic mass is 16.5. The van der Waals surface area contributed by atoms with Crippen molar-refractivity contribution in [1.82, 2.24) is 4.98 Å². The molecule has 0 amide bonds. The van der Waals surface area contributed by atoms with Crippen LogP contribution in [0.4, 0.5) is 0 Å². The minimum absolute atomic E-state index is 0.612. The summed E-state index contributed by atoms with van der Waals surface area (Å²) in [6.07, 6.45) is 4.74. The first-order valence-electron chi connectivity index (χ1n) is 9.36. The predicted molar refractivity (Wildman–Crippen MR) is 107 cm³/mol. The molecule has 26 heavy (non-hydrogen) atoms. The molecule has 4 aromatic rings. The average Bonchev–Trinajstić information content (AvgIpc) is 3.11. The highest BCUT2D eigenvalue weighted by Gasteiger charge is 2.15. The Hall–Kier alpha value is -2.81. The lowest BCUT2D eigenvalue weighted by Crippen LogP contribution is -1.99. The number of oxazole rings is 1. The Morgan fingerprint density at radius 3 is 2.46 bits per heavy atom. The number of hydrogen-bond acceptors (Lipinski definition) is 3. The Morgan fingerprint density at radius 1 is 0.885 bits per heavy atom. The fraction of sp³-hybridized carbons (Fsp3) is 0.261. The lowest BCUT2D eigenvalue weighted by molar-refractivity contribution is 0.306. The molecule has 3 aromatic carbocycles. The van der Waals surface area contributed by atoms with Crippen LogP contribution in [0.1, 0.15) is 32.6 Å². The molecule has 0 saturated carbocycles. The number of aromatic nitrogens is 1. The summed E-state index contributed by atoms with van der Waals surface area (Å²) < 4.78 is 12.1. The quantitative estimate of drug-likeness (QED) is 0.354. The molecule has 0 aliphatic heterocycles. The van der Waals surface area contributed by atoms with Gasteiger partial charge in [0.1, 0.15) is 11.3 Å². The van der Waals surface area contributed by atoms with E-state index in [0.717, 1.165) is 39.6 Å². The molecule has 0 bridgehead atoms. The van der Waals surface area contributed by atoms with Crippen LogP contribution in [0.5, 0.6) is 5.75 Å². The molecule has 1 heterocycles. The van der Waals surface area contributed by atoms with Crippen LogP contribution >= 0.6 is 0 Å². The first kappa shape index (κ1) is 16.6. The Labute approximate surface area is 153 Å². The maximum absolute atomic E-state index is 6.14. The number of benzene rings is 3. The molecule has 0 fully saturated rings. The fourth-order valence-corrected chi connectivity index (χ4v) is 3.20. The molecule has 0 aliphatic carbocycles. The molecular weight excluding hydrogens is 322 g/mol. The summed E-state index contributed by atoms with van der Waals surface area (Å²) in [6, 6.07) is 20.4. The van der Waals surface area contributed by atoms with Crippen LogP contribution < -0.4 is 4.74 Å². The van der Waals surface area contributed by atoms with Crippen molar-refractivity contribution in [3.63, 3.8) is 0 Å². The maximum Gasteiger partial charge on any atom is 0.231 e. The molecule has 1 aromatic heterocycles. The Bertz CT molecular complexity index is 986. The van der Waals surface area contributed by atoms with Crippen molar-refractivity contribution in [2.45, 2.75) is 32.6 Å². The zero-order chi connectivity index (χ0) is 17.8. The molecule has 3 heteroatoms. The van der Waals surface area contributed by atoms with E-state index in [1.54, 1.807) is 0 Å². The average molecular weight is 345 g/mol. The van der Waals surface area contributed by atoms with Gasteiger partial charge >= 0.3 is 0 Å². The van der Waals surface area contributed by atoms with Gasteiger partial charge in [-0.15, -0.1) is 0 Å². The number of rotatable bonds is 7. The first-order valence-corrected chi connectivity index (χ1v) is 9.36. The minimum atomic E-state index is 0.612. The van der Waals surface area contributed by atoms with Crippen molar-refractivity contribution < 1.29 is 9.15 Å². The molecule has 0 N–H and O–H groups in total. The summed E-state index contributed by atoms with van der Waals surface area (Å²) in [4.78, 5) is 4.66. The second-order valence-electron chi connectivity index (χ2n) is 6.59. The summed E-state index contributed by atoms with van der Waals surface area (Å²) in [6.45, 7) is 2.93. The third-order valence-corrected chi connectivity index (χ3v) is 4.63. The van der Waals surface area contributed by atoms with Crippen LogP contribution in [0.2, 0.25) is 0 Å². The van der Waals surface area contributed by atoms with Gasteiger partial charge in [-0.1, -0.05) is 62.6 Å². The summed E-state index contributed by atoms with van der Waals surface area (Å²) in [7, 11) is 0. The summed E-state index contributed by atoms with van der Waals surface area (Å²) in [5, 5.41) is 2.32. The van der Waals surface area contributed by atoms with Crippen LogP contribution in [-0.2, 0) is 0 Å². The smallest absolute Gasteiger partial charge is 0.231 e. The van der Waals surface area contributed by atoms with E-state index in [1.165, 1.54) is 19.3 Å². The van der Waals surface area contributed by atoms with Gasteiger partial charge in [-0.2, -0.15) is 0 Å². The van der Waals surface area contributed by atoms with Gasteiger partial charge in [0, 0.05) is 0 Å². The van der Waals surface area contributed by atoms with Gasteiger partial charge in [-0.25, -0.2) is 4.98 Å². The summed E-state index contributed by atoms with van der Waals surface area (Å²) in [5.41, 5.74) is 2.57. The topological polar surface area (TPSA) is 35.3 Å². The van der Waals surface area contributed by atoms with Gasteiger partial charge in [-0.3, -0.25) is 0 Å². The molecule has 0 atom stereocenters. The van der Waals surface area contributed by atoms with Crippen molar-refractivity contribution in [3.8, 4) is 17.2 Å². The zero-order valence-electron chi connectivity index (χ0n) is 15.1. The number of fused-ring (bicyclic) bond motifs is 2. The van der Waals surface area contributed by atoms with E-state index in [-0.39, 0.29) is 0 Å². The van der Waals surface area contributed by atoms with Crippen molar-refractivity contribution >= 4 is 21.9 Å². The van der Waals surface area contributed by atoms with Gasteiger partial charge in [0.05, 0.1) is 12.2 Å². The van der Waals surface area contributed by atoms with Crippen LogP contribution in [0.15, 0.2) is 65.1 Å². The van der Waals surface area contributed by atoms with Crippen LogP contribution in [0.3, 0.4) is 0 Å². The number of unbranched alkanes of at least 4 members (excludes halogenated alkanes) is 3. The molecule has 0 radical (unpaired) electrons. The van der Waals surface area contributed by atoms with Crippen LogP contribution in [0, 0.1) is 0 Å². The van der Waals surface area contributed by atoms with Gasteiger partial charge < -0.3 is 9.15 Å². The molecule has 4 rings (SSSR count). The number of para-hydroxylation sites is 2. The zero-order valence-corrected chi connectivity index (χ0v) is 15.1. The van der Waals surface area contributed by atoms with Crippen molar-refractivity contribution in [3.05, 3.63) is 60.7 Å². The van der Waals surface area contributed by atoms with Crippen LogP contribution in [-0.4, -0.2) is 11.6 Å². The first-order chi connectivity index (χ1) is 12.8. The van der Waals surface area contributed by atoms with Gasteiger partial charge in [-0.05, 0) is 41.5 Å². The van der Waals surface area contributed by atoms with E-state index >= 15 is 0 Å². The van der Waals surface area contributed by atoms with Gasteiger partial charge in [0.2, 0.25) is 5.89 Å². The van der Waals surface area contributed by atoms with Gasteiger partial charge in [0.25, 0.3) is 0 Å².